The fraction of sp³-hybridized carbons (Fsp3) is 0.213. The van der Waals surface area contributed by atoms with Crippen molar-refractivity contribution in [1.29, 1.82) is 0 Å². The molecule has 1 aliphatic rings. The Balaban J connectivity index is 0.00000683. The van der Waals surface area contributed by atoms with Crippen LogP contribution in [0.4, 0.5) is 17.1 Å². The molecule has 1 unspecified atom stereocenters. The summed E-state index contributed by atoms with van der Waals surface area (Å²) in [5.41, 5.74) is 11.2. The van der Waals surface area contributed by atoms with Gasteiger partial charge in [-0.25, -0.2) is 21.4 Å². The molecular formula is C47H48N3NaO7S2. The molecule has 0 fully saturated rings. The molecular weight excluding hydrogens is 806 g/mol. The first-order valence-electron chi connectivity index (χ1n) is 19.5. The summed E-state index contributed by atoms with van der Waals surface area (Å²) in [5, 5.41) is 7.02. The number of ether oxygens (including phenoxy) is 1. The van der Waals surface area contributed by atoms with Crippen molar-refractivity contribution < 1.29 is 64.8 Å². The summed E-state index contributed by atoms with van der Waals surface area (Å²) in [6.07, 6.45) is 6.96. The average Bonchev–Trinajstić information content (AvgIpc) is 3.21. The molecule has 1 aliphatic carbocycles. The molecule has 0 amide bonds. The number of allylic oxidation sites excluding steroid dienone is 5. The molecule has 0 radical (unpaired) electrons. The van der Waals surface area contributed by atoms with Crippen molar-refractivity contribution in [3.63, 3.8) is 0 Å². The Labute approximate surface area is 376 Å². The minimum atomic E-state index is -4.59. The van der Waals surface area contributed by atoms with E-state index in [-0.39, 0.29) is 45.4 Å². The Morgan fingerprint density at radius 2 is 1.35 bits per heavy atom. The largest absolute Gasteiger partial charge is 1.00 e. The summed E-state index contributed by atoms with van der Waals surface area (Å²) >= 11 is 0. The standard InChI is InChI=1S/C47H49N3O7S2.Na/c1-6-46(36-12-10-14-43(30-36)59(54,55)56)49-39-21-25-44(32(4)27-39)47(35-15-17-37(18-16-35)48-38-19-23-41(24-20-38)57-8-3)45-26-22-40(28-33(45)5)50(7-2)31-34-11-9-13-42(29-34)58(51,52)53;/h9-30,46H,6-8,31H2,1-5H3,(H3,48,49,51,52,53,54,55,56);/q;+1/p-1. The summed E-state index contributed by atoms with van der Waals surface area (Å²) in [7, 11) is -9.17. The van der Waals surface area contributed by atoms with Crippen molar-refractivity contribution in [1.82, 2.24) is 0 Å². The Morgan fingerprint density at radius 3 is 1.93 bits per heavy atom. The summed E-state index contributed by atoms with van der Waals surface area (Å²) in [6, 6.07) is 34.4. The Kier molecular flexibility index (Phi) is 15.6. The van der Waals surface area contributed by atoms with E-state index in [9.17, 15) is 25.9 Å². The van der Waals surface area contributed by atoms with E-state index in [1.165, 1.54) is 24.3 Å². The van der Waals surface area contributed by atoms with Gasteiger partial charge in [0.1, 0.15) is 32.5 Å². The minimum Gasteiger partial charge on any atom is -0.744 e. The number of nitrogens with zero attached hydrogens (tertiary/aromatic N) is 1. The maximum Gasteiger partial charge on any atom is 1.00 e. The Hall–Kier alpha value is -4.79. The molecule has 5 aromatic carbocycles. The monoisotopic (exact) mass is 853 g/mol. The molecule has 13 heteroatoms. The summed E-state index contributed by atoms with van der Waals surface area (Å²) < 4.78 is 78.1. The van der Waals surface area contributed by atoms with Crippen LogP contribution in [0.1, 0.15) is 68.0 Å². The molecule has 5 aromatic rings. The van der Waals surface area contributed by atoms with Crippen LogP contribution in [0.5, 0.6) is 5.75 Å². The second-order valence-electron chi connectivity index (χ2n) is 14.3. The van der Waals surface area contributed by atoms with Crippen LogP contribution in [0, 0.1) is 6.92 Å². The third-order valence-electron chi connectivity index (χ3n) is 10.2. The van der Waals surface area contributed by atoms with Crippen molar-refractivity contribution in [2.24, 2.45) is 0 Å². The van der Waals surface area contributed by atoms with Gasteiger partial charge < -0.3 is 24.5 Å². The average molecular weight is 854 g/mol. The Morgan fingerprint density at radius 1 is 0.733 bits per heavy atom. The number of nitrogens with one attached hydrogen (secondary N) is 2. The molecule has 10 nitrogen and oxygen atoms in total. The molecule has 2 N–H and O–H groups in total. The van der Waals surface area contributed by atoms with E-state index in [0.29, 0.717) is 31.7 Å². The number of aryl methyl sites for hydroxylation is 1. The van der Waals surface area contributed by atoms with Crippen LogP contribution in [0.25, 0.3) is 5.57 Å². The van der Waals surface area contributed by atoms with Crippen LogP contribution in [0.3, 0.4) is 0 Å². The van der Waals surface area contributed by atoms with E-state index in [1.54, 1.807) is 12.1 Å². The zero-order valence-corrected chi connectivity index (χ0v) is 38.4. The zero-order valence-electron chi connectivity index (χ0n) is 34.7. The van der Waals surface area contributed by atoms with Gasteiger partial charge in [-0.2, -0.15) is 0 Å². The van der Waals surface area contributed by atoms with Crippen molar-refractivity contribution in [3.05, 3.63) is 172 Å². The SMILES string of the molecule is CCOc1ccc(Nc2ccc(/C(=C3\C=CC(=[N+](CC)Cc4cccc(S(=O)(=O)[O-])c4)C=C3C)c3ccc(NC(CC)c4cccc(S(=O)(=O)[O-])c4)cc3C)cc2)cc1.[Na+]. The van der Waals surface area contributed by atoms with Crippen LogP contribution in [-0.4, -0.2) is 49.4 Å². The molecule has 0 aromatic heterocycles. The molecule has 60 heavy (non-hydrogen) atoms. The molecule has 0 heterocycles. The first-order valence-corrected chi connectivity index (χ1v) is 22.3. The fourth-order valence-corrected chi connectivity index (χ4v) is 8.28. The molecule has 0 spiro atoms. The summed E-state index contributed by atoms with van der Waals surface area (Å²) in [5.74, 6) is 0.811. The van der Waals surface area contributed by atoms with Crippen molar-refractivity contribution in [3.8, 4) is 5.75 Å². The van der Waals surface area contributed by atoms with E-state index in [0.717, 1.165) is 67.5 Å². The van der Waals surface area contributed by atoms with Crippen LogP contribution in [0.2, 0.25) is 0 Å². The van der Waals surface area contributed by atoms with Crippen molar-refractivity contribution >= 4 is 48.6 Å². The van der Waals surface area contributed by atoms with Gasteiger partial charge in [-0.1, -0.05) is 49.4 Å². The number of hydrogen-bond donors (Lipinski definition) is 2. The predicted molar refractivity (Wildman–Crippen MR) is 232 cm³/mol. The molecule has 0 bridgehead atoms. The third kappa shape index (κ3) is 11.5. The van der Waals surface area contributed by atoms with Gasteiger partial charge in [-0.3, -0.25) is 0 Å². The van der Waals surface area contributed by atoms with Gasteiger partial charge in [0.05, 0.1) is 22.4 Å². The maximum absolute atomic E-state index is 11.8. The third-order valence-corrected chi connectivity index (χ3v) is 11.9. The number of benzene rings is 5. The van der Waals surface area contributed by atoms with E-state index in [4.69, 9.17) is 4.74 Å². The predicted octanol–water partition coefficient (Wildman–Crippen LogP) is 6.50. The van der Waals surface area contributed by atoms with Gasteiger partial charge in [0, 0.05) is 34.8 Å². The summed E-state index contributed by atoms with van der Waals surface area (Å²) in [4.78, 5) is -0.503. The number of hydrogen-bond acceptors (Lipinski definition) is 9. The molecule has 306 valence electrons. The van der Waals surface area contributed by atoms with E-state index < -0.39 is 20.2 Å². The minimum absolute atomic E-state index is 0. The second kappa shape index (κ2) is 20.2. The van der Waals surface area contributed by atoms with E-state index in [2.05, 4.69) is 83.7 Å². The van der Waals surface area contributed by atoms with Gasteiger partial charge in [0.25, 0.3) is 0 Å². The number of rotatable bonds is 15. The van der Waals surface area contributed by atoms with Crippen LogP contribution in [0.15, 0.2) is 154 Å². The maximum atomic E-state index is 11.8. The van der Waals surface area contributed by atoms with E-state index >= 15 is 0 Å². The molecule has 0 saturated heterocycles. The van der Waals surface area contributed by atoms with Gasteiger partial charge in [0.2, 0.25) is 0 Å². The van der Waals surface area contributed by atoms with Crippen molar-refractivity contribution in [2.75, 3.05) is 23.8 Å². The smallest absolute Gasteiger partial charge is 0.744 e. The quantitative estimate of drug-likeness (QED) is 0.0684. The summed E-state index contributed by atoms with van der Waals surface area (Å²) in [6.45, 7) is 11.8. The molecule has 0 saturated carbocycles. The first-order chi connectivity index (χ1) is 28.2. The molecule has 6 rings (SSSR count). The van der Waals surface area contributed by atoms with Crippen LogP contribution < -0.4 is 44.9 Å². The van der Waals surface area contributed by atoms with Crippen LogP contribution >= 0.6 is 0 Å². The van der Waals surface area contributed by atoms with Crippen LogP contribution in [-0.2, 0) is 26.8 Å². The van der Waals surface area contributed by atoms with Gasteiger partial charge >= 0.3 is 29.6 Å². The van der Waals surface area contributed by atoms with E-state index in [1.807, 2.05) is 63.2 Å². The topological polar surface area (TPSA) is 151 Å². The van der Waals surface area contributed by atoms with Gasteiger partial charge in [0.15, 0.2) is 12.3 Å². The normalized spacial score (nSPS) is 15.0. The van der Waals surface area contributed by atoms with Crippen molar-refractivity contribution in [2.45, 2.75) is 63.4 Å². The Bertz CT molecular complexity index is 2690. The molecule has 1 atom stereocenters. The van der Waals surface area contributed by atoms with Gasteiger partial charge in [-0.15, -0.1) is 0 Å². The zero-order chi connectivity index (χ0) is 42.3. The first kappa shape index (κ1) is 46.3. The second-order valence-corrected chi connectivity index (χ2v) is 17.1. The number of anilines is 3. The van der Waals surface area contributed by atoms with Gasteiger partial charge in [-0.05, 0) is 152 Å². The molecule has 0 aliphatic heterocycles. The fourth-order valence-electron chi connectivity index (χ4n) is 7.22.